The molecule has 2 rings (SSSR count). The Morgan fingerprint density at radius 2 is 1.95 bits per heavy atom. The van der Waals surface area contributed by atoms with Crippen molar-refractivity contribution in [2.75, 3.05) is 7.11 Å². The lowest BCUT2D eigenvalue weighted by molar-refractivity contribution is 0.294. The van der Waals surface area contributed by atoms with E-state index in [1.807, 2.05) is 32.0 Å². The van der Waals surface area contributed by atoms with Crippen molar-refractivity contribution in [3.8, 4) is 11.5 Å². The van der Waals surface area contributed by atoms with Crippen molar-refractivity contribution < 1.29 is 13.9 Å². The Balaban J connectivity index is 2.18. The molecule has 2 aromatic carbocycles. The number of hydrogen-bond acceptors (Lipinski definition) is 3. The van der Waals surface area contributed by atoms with Crippen LogP contribution in [0.2, 0.25) is 0 Å². The van der Waals surface area contributed by atoms with Crippen LogP contribution in [-0.4, -0.2) is 7.11 Å². The van der Waals surface area contributed by atoms with E-state index in [0.717, 1.165) is 11.1 Å². The van der Waals surface area contributed by atoms with Crippen molar-refractivity contribution in [2.45, 2.75) is 26.5 Å². The fraction of sp³-hybridized carbons (Fsp3) is 0.294. The SMILES string of the molecule is COc1ccc(COc2cc(C)ccc2C(C)N)c(F)c1. The first-order valence-electron chi connectivity index (χ1n) is 6.82. The molecule has 0 saturated heterocycles. The number of aryl methyl sites for hydroxylation is 1. The van der Waals surface area contributed by atoms with Gasteiger partial charge in [-0.25, -0.2) is 4.39 Å². The number of methoxy groups -OCH3 is 1. The minimum Gasteiger partial charge on any atom is -0.497 e. The number of benzene rings is 2. The second kappa shape index (κ2) is 6.59. The van der Waals surface area contributed by atoms with E-state index in [-0.39, 0.29) is 18.5 Å². The van der Waals surface area contributed by atoms with Crippen molar-refractivity contribution in [3.63, 3.8) is 0 Å². The number of hydrogen-bond donors (Lipinski definition) is 1. The van der Waals surface area contributed by atoms with Gasteiger partial charge in [-0.15, -0.1) is 0 Å². The van der Waals surface area contributed by atoms with Gasteiger partial charge in [0.25, 0.3) is 0 Å². The smallest absolute Gasteiger partial charge is 0.133 e. The zero-order valence-electron chi connectivity index (χ0n) is 12.5. The van der Waals surface area contributed by atoms with Gasteiger partial charge < -0.3 is 15.2 Å². The second-order valence-electron chi connectivity index (χ2n) is 5.08. The number of nitrogens with two attached hydrogens (primary N) is 1. The number of halogens is 1. The van der Waals surface area contributed by atoms with Crippen LogP contribution in [0.15, 0.2) is 36.4 Å². The summed E-state index contributed by atoms with van der Waals surface area (Å²) in [5.74, 6) is 0.840. The average molecular weight is 289 g/mol. The van der Waals surface area contributed by atoms with Gasteiger partial charge in [-0.3, -0.25) is 0 Å². The fourth-order valence-electron chi connectivity index (χ4n) is 2.07. The van der Waals surface area contributed by atoms with Crippen molar-refractivity contribution in [1.82, 2.24) is 0 Å². The van der Waals surface area contributed by atoms with E-state index < -0.39 is 0 Å². The third-order valence-electron chi connectivity index (χ3n) is 3.30. The van der Waals surface area contributed by atoms with Crippen LogP contribution >= 0.6 is 0 Å². The van der Waals surface area contributed by atoms with Crippen LogP contribution in [0.5, 0.6) is 11.5 Å². The molecule has 2 N–H and O–H groups in total. The van der Waals surface area contributed by atoms with Gasteiger partial charge in [-0.1, -0.05) is 12.1 Å². The monoisotopic (exact) mass is 289 g/mol. The van der Waals surface area contributed by atoms with Gasteiger partial charge >= 0.3 is 0 Å². The first-order chi connectivity index (χ1) is 10.0. The van der Waals surface area contributed by atoms with Gasteiger partial charge in [0.15, 0.2) is 0 Å². The van der Waals surface area contributed by atoms with E-state index in [1.54, 1.807) is 12.1 Å². The lowest BCUT2D eigenvalue weighted by Gasteiger charge is -2.15. The van der Waals surface area contributed by atoms with Gasteiger partial charge in [0.1, 0.15) is 23.9 Å². The van der Waals surface area contributed by atoms with Crippen LogP contribution in [0.4, 0.5) is 4.39 Å². The highest BCUT2D eigenvalue weighted by Crippen LogP contribution is 2.26. The molecule has 0 saturated carbocycles. The summed E-state index contributed by atoms with van der Waals surface area (Å²) in [4.78, 5) is 0. The molecule has 0 aliphatic rings. The quantitative estimate of drug-likeness (QED) is 0.912. The molecule has 0 aromatic heterocycles. The normalized spacial score (nSPS) is 12.0. The lowest BCUT2D eigenvalue weighted by Crippen LogP contribution is -2.08. The predicted octanol–water partition coefficient (Wildman–Crippen LogP) is 3.74. The second-order valence-corrected chi connectivity index (χ2v) is 5.08. The fourth-order valence-corrected chi connectivity index (χ4v) is 2.07. The largest absolute Gasteiger partial charge is 0.497 e. The number of ether oxygens (including phenoxy) is 2. The van der Waals surface area contributed by atoms with Crippen molar-refractivity contribution >= 4 is 0 Å². The zero-order chi connectivity index (χ0) is 15.4. The maximum atomic E-state index is 13.9. The Morgan fingerprint density at radius 3 is 2.57 bits per heavy atom. The topological polar surface area (TPSA) is 44.5 Å². The molecule has 21 heavy (non-hydrogen) atoms. The maximum Gasteiger partial charge on any atom is 0.133 e. The van der Waals surface area contributed by atoms with Gasteiger partial charge in [-0.2, -0.15) is 0 Å². The molecule has 0 spiro atoms. The molecule has 0 heterocycles. The van der Waals surface area contributed by atoms with Crippen molar-refractivity contribution in [1.29, 1.82) is 0 Å². The summed E-state index contributed by atoms with van der Waals surface area (Å²) in [5, 5.41) is 0. The van der Waals surface area contributed by atoms with Crippen LogP contribution in [0.1, 0.15) is 29.7 Å². The molecular formula is C17H20FNO2. The molecule has 1 atom stereocenters. The summed E-state index contributed by atoms with van der Waals surface area (Å²) >= 11 is 0. The van der Waals surface area contributed by atoms with Crippen LogP contribution < -0.4 is 15.2 Å². The Hall–Kier alpha value is -2.07. The highest BCUT2D eigenvalue weighted by Gasteiger charge is 2.10. The summed E-state index contributed by atoms with van der Waals surface area (Å²) in [6.45, 7) is 4.02. The van der Waals surface area contributed by atoms with Crippen molar-refractivity contribution in [2.24, 2.45) is 5.73 Å². The molecular weight excluding hydrogens is 269 g/mol. The molecule has 0 amide bonds. The minimum atomic E-state index is -0.343. The molecule has 2 aromatic rings. The zero-order valence-corrected chi connectivity index (χ0v) is 12.5. The van der Waals surface area contributed by atoms with E-state index >= 15 is 0 Å². The summed E-state index contributed by atoms with van der Waals surface area (Å²) in [5.41, 5.74) is 8.40. The third kappa shape index (κ3) is 3.73. The minimum absolute atomic E-state index is 0.138. The van der Waals surface area contributed by atoms with Gasteiger partial charge in [0, 0.05) is 23.2 Å². The molecule has 0 aliphatic heterocycles. The van der Waals surface area contributed by atoms with Crippen LogP contribution in [0.25, 0.3) is 0 Å². The Bertz CT molecular complexity index is 626. The molecule has 3 nitrogen and oxygen atoms in total. The molecule has 0 bridgehead atoms. The Morgan fingerprint density at radius 1 is 1.19 bits per heavy atom. The molecule has 0 fully saturated rings. The lowest BCUT2D eigenvalue weighted by atomic mass is 10.1. The van der Waals surface area contributed by atoms with Gasteiger partial charge in [-0.05, 0) is 37.6 Å². The Kier molecular flexibility index (Phi) is 4.81. The average Bonchev–Trinajstić information content (AvgIpc) is 2.45. The van der Waals surface area contributed by atoms with Gasteiger partial charge in [0.05, 0.1) is 7.11 Å². The van der Waals surface area contributed by atoms with E-state index in [9.17, 15) is 4.39 Å². The molecule has 0 aliphatic carbocycles. The Labute approximate surface area is 124 Å². The predicted molar refractivity (Wildman–Crippen MR) is 81.1 cm³/mol. The standard InChI is InChI=1S/C17H20FNO2/c1-11-4-7-15(12(2)19)17(8-11)21-10-13-5-6-14(20-3)9-16(13)18/h4-9,12H,10,19H2,1-3H3. The summed E-state index contributed by atoms with van der Waals surface area (Å²) in [6, 6.07) is 10.4. The summed E-state index contributed by atoms with van der Waals surface area (Å²) in [6.07, 6.45) is 0. The van der Waals surface area contributed by atoms with E-state index in [4.69, 9.17) is 15.2 Å². The van der Waals surface area contributed by atoms with Gasteiger partial charge in [0.2, 0.25) is 0 Å². The van der Waals surface area contributed by atoms with E-state index in [2.05, 4.69) is 0 Å². The van der Waals surface area contributed by atoms with Crippen molar-refractivity contribution in [3.05, 3.63) is 58.9 Å². The van der Waals surface area contributed by atoms with Crippen LogP contribution in [0, 0.1) is 12.7 Å². The van der Waals surface area contributed by atoms with E-state index in [1.165, 1.54) is 13.2 Å². The van der Waals surface area contributed by atoms with Crippen LogP contribution in [0.3, 0.4) is 0 Å². The molecule has 1 unspecified atom stereocenters. The third-order valence-corrected chi connectivity index (χ3v) is 3.30. The molecule has 0 radical (unpaired) electrons. The maximum absolute atomic E-state index is 13.9. The number of rotatable bonds is 5. The first kappa shape index (κ1) is 15.3. The first-order valence-corrected chi connectivity index (χ1v) is 6.82. The molecule has 4 heteroatoms. The highest BCUT2D eigenvalue weighted by atomic mass is 19.1. The molecule has 112 valence electrons. The van der Waals surface area contributed by atoms with Crippen LogP contribution in [-0.2, 0) is 6.61 Å². The summed E-state index contributed by atoms with van der Waals surface area (Å²) in [7, 11) is 1.51. The summed E-state index contributed by atoms with van der Waals surface area (Å²) < 4.78 is 24.6. The van der Waals surface area contributed by atoms with E-state index in [0.29, 0.717) is 17.1 Å². The highest BCUT2D eigenvalue weighted by molar-refractivity contribution is 5.39.